The van der Waals surface area contributed by atoms with Gasteiger partial charge in [0.25, 0.3) is 0 Å². The molecule has 2 heterocycles. The molecule has 126 valence electrons. The summed E-state index contributed by atoms with van der Waals surface area (Å²) in [6, 6.07) is 9.66. The summed E-state index contributed by atoms with van der Waals surface area (Å²) < 4.78 is 2.38. The zero-order valence-corrected chi connectivity index (χ0v) is 14.1. The Balaban J connectivity index is 1.36. The van der Waals surface area contributed by atoms with E-state index >= 15 is 0 Å². The van der Waals surface area contributed by atoms with E-state index < -0.39 is 0 Å². The van der Waals surface area contributed by atoms with Gasteiger partial charge in [0.05, 0.1) is 0 Å². The largest absolute Gasteiger partial charge is 0.332 e. The highest BCUT2D eigenvalue weighted by Gasteiger charge is 2.31. The van der Waals surface area contributed by atoms with Crippen LogP contribution in [0.3, 0.4) is 0 Å². The summed E-state index contributed by atoms with van der Waals surface area (Å²) in [6.07, 6.45) is 5.59. The first-order valence-corrected chi connectivity index (χ1v) is 8.83. The molecule has 1 aromatic heterocycles. The van der Waals surface area contributed by atoms with Gasteiger partial charge in [0.15, 0.2) is 0 Å². The number of rotatable bonds is 4. The van der Waals surface area contributed by atoms with Crippen molar-refractivity contribution in [2.45, 2.75) is 38.6 Å². The molecular weight excluding hydrogens is 300 g/mol. The average molecular weight is 324 g/mol. The van der Waals surface area contributed by atoms with Crippen LogP contribution in [0.5, 0.6) is 0 Å². The van der Waals surface area contributed by atoms with E-state index in [1.807, 2.05) is 41.4 Å². The normalized spacial score (nSPS) is 20.4. The second kappa shape index (κ2) is 6.30. The zero-order chi connectivity index (χ0) is 16.5. The number of carbonyl (C=O) groups is 1. The van der Waals surface area contributed by atoms with E-state index in [1.54, 1.807) is 0 Å². The molecule has 1 unspecified atom stereocenters. The zero-order valence-electron chi connectivity index (χ0n) is 14.1. The molecular formula is C19H24N4O. The van der Waals surface area contributed by atoms with Crippen molar-refractivity contribution in [3.05, 3.63) is 48.0 Å². The molecule has 1 saturated carbocycles. The Morgan fingerprint density at radius 3 is 2.79 bits per heavy atom. The second-order valence-electron chi connectivity index (χ2n) is 7.04. The molecule has 1 atom stereocenters. The molecule has 4 rings (SSSR count). The van der Waals surface area contributed by atoms with E-state index in [0.29, 0.717) is 11.8 Å². The maximum absolute atomic E-state index is 12.4. The van der Waals surface area contributed by atoms with Gasteiger partial charge in [-0.05, 0) is 44.2 Å². The van der Waals surface area contributed by atoms with Crippen LogP contribution >= 0.6 is 0 Å². The fourth-order valence-electron chi connectivity index (χ4n) is 3.53. The van der Waals surface area contributed by atoms with Gasteiger partial charge >= 0.3 is 6.03 Å². The highest BCUT2D eigenvalue weighted by molar-refractivity contribution is 5.89. The van der Waals surface area contributed by atoms with Crippen molar-refractivity contribution in [3.8, 4) is 0 Å². The number of anilines is 1. The van der Waals surface area contributed by atoms with Crippen LogP contribution in [0.15, 0.2) is 36.5 Å². The quantitative estimate of drug-likeness (QED) is 0.934. The van der Waals surface area contributed by atoms with E-state index in [0.717, 1.165) is 31.7 Å². The first-order chi connectivity index (χ1) is 11.7. The van der Waals surface area contributed by atoms with Crippen molar-refractivity contribution >= 4 is 11.7 Å². The highest BCUT2D eigenvalue weighted by Crippen LogP contribution is 2.40. The number of imidazole rings is 1. The summed E-state index contributed by atoms with van der Waals surface area (Å²) in [5.74, 6) is 2.43. The molecule has 5 nitrogen and oxygen atoms in total. The molecule has 2 aliphatic rings. The minimum Gasteiger partial charge on any atom is -0.332 e. The summed E-state index contributed by atoms with van der Waals surface area (Å²) in [7, 11) is 0. The number of amides is 2. The Morgan fingerprint density at radius 1 is 1.25 bits per heavy atom. The molecule has 0 radical (unpaired) electrons. The van der Waals surface area contributed by atoms with Gasteiger partial charge in [-0.1, -0.05) is 18.2 Å². The van der Waals surface area contributed by atoms with Crippen LogP contribution in [0.25, 0.3) is 0 Å². The molecule has 2 aromatic rings. The van der Waals surface area contributed by atoms with E-state index in [1.165, 1.54) is 24.4 Å². The average Bonchev–Trinajstić information content (AvgIpc) is 3.21. The van der Waals surface area contributed by atoms with Gasteiger partial charge in [0, 0.05) is 43.1 Å². The number of aromatic nitrogens is 2. The summed E-state index contributed by atoms with van der Waals surface area (Å²) in [5, 5.41) is 2.98. The van der Waals surface area contributed by atoms with Gasteiger partial charge < -0.3 is 14.8 Å². The number of carbonyl (C=O) groups excluding carboxylic acids is 1. The topological polar surface area (TPSA) is 50.2 Å². The molecule has 1 N–H and O–H groups in total. The Bertz CT molecular complexity index is 720. The Labute approximate surface area is 142 Å². The van der Waals surface area contributed by atoms with Crippen molar-refractivity contribution in [3.63, 3.8) is 0 Å². The van der Waals surface area contributed by atoms with Gasteiger partial charge in [-0.2, -0.15) is 0 Å². The van der Waals surface area contributed by atoms with Crippen molar-refractivity contribution in [2.24, 2.45) is 5.92 Å². The van der Waals surface area contributed by atoms with Gasteiger partial charge in [-0.25, -0.2) is 9.78 Å². The number of benzene rings is 1. The number of likely N-dealkylation sites (tertiary alicyclic amines) is 1. The molecule has 1 aliphatic heterocycles. The first-order valence-electron chi connectivity index (χ1n) is 8.83. The lowest BCUT2D eigenvalue weighted by molar-refractivity contribution is 0.220. The molecule has 24 heavy (non-hydrogen) atoms. The van der Waals surface area contributed by atoms with E-state index in [4.69, 9.17) is 0 Å². The van der Waals surface area contributed by atoms with Crippen molar-refractivity contribution in [1.29, 1.82) is 0 Å². The third-order valence-electron chi connectivity index (χ3n) is 5.07. The Hall–Kier alpha value is -2.30. The van der Waals surface area contributed by atoms with Crippen LogP contribution in [-0.4, -0.2) is 33.6 Å². The van der Waals surface area contributed by atoms with Crippen LogP contribution in [0.1, 0.15) is 36.7 Å². The summed E-state index contributed by atoms with van der Waals surface area (Å²) >= 11 is 0. The van der Waals surface area contributed by atoms with Crippen molar-refractivity contribution < 1.29 is 4.79 Å². The second-order valence-corrected chi connectivity index (χ2v) is 7.04. The molecule has 0 spiro atoms. The third-order valence-corrected chi connectivity index (χ3v) is 5.07. The van der Waals surface area contributed by atoms with E-state index in [-0.39, 0.29) is 6.03 Å². The predicted octanol–water partition coefficient (Wildman–Crippen LogP) is 3.62. The maximum Gasteiger partial charge on any atom is 0.321 e. The highest BCUT2D eigenvalue weighted by atomic mass is 16.2. The van der Waals surface area contributed by atoms with E-state index in [2.05, 4.69) is 21.8 Å². The Morgan fingerprint density at radius 2 is 2.04 bits per heavy atom. The number of urea groups is 1. The van der Waals surface area contributed by atoms with Gasteiger partial charge in [0.2, 0.25) is 0 Å². The fraction of sp³-hybridized carbons (Fsp3) is 0.474. The third kappa shape index (κ3) is 3.16. The van der Waals surface area contributed by atoms with Gasteiger partial charge in [-0.3, -0.25) is 0 Å². The minimum absolute atomic E-state index is 0.00784. The molecule has 2 fully saturated rings. The molecule has 2 amide bonds. The molecule has 5 heteroatoms. The smallest absolute Gasteiger partial charge is 0.321 e. The molecule has 1 aromatic carbocycles. The van der Waals surface area contributed by atoms with Crippen LogP contribution in [0, 0.1) is 12.8 Å². The van der Waals surface area contributed by atoms with E-state index in [9.17, 15) is 4.79 Å². The summed E-state index contributed by atoms with van der Waals surface area (Å²) in [5.41, 5.74) is 2.09. The number of nitrogens with zero attached hydrogens (tertiary/aromatic N) is 3. The molecule has 1 saturated heterocycles. The number of hydrogen-bond acceptors (Lipinski definition) is 2. The standard InChI is InChI=1S/C19H24N4O/c1-14-11-20-18(16-7-8-16)23(14)13-15-9-10-22(12-15)19(24)21-17-5-3-2-4-6-17/h2-6,11,15-16H,7-10,12-13H2,1H3,(H,21,24). The van der Waals surface area contributed by atoms with Crippen LogP contribution < -0.4 is 5.32 Å². The predicted molar refractivity (Wildman–Crippen MR) is 94.1 cm³/mol. The molecule has 1 aliphatic carbocycles. The lowest BCUT2D eigenvalue weighted by Gasteiger charge is -2.18. The summed E-state index contributed by atoms with van der Waals surface area (Å²) in [4.78, 5) is 18.9. The SMILES string of the molecule is Cc1cnc(C2CC2)n1CC1CCN(C(=O)Nc2ccccc2)C1. The van der Waals surface area contributed by atoms with Crippen LogP contribution in [0.4, 0.5) is 10.5 Å². The number of nitrogens with one attached hydrogen (secondary N) is 1. The number of aryl methyl sites for hydroxylation is 1. The van der Waals surface area contributed by atoms with Crippen molar-refractivity contribution in [1.82, 2.24) is 14.5 Å². The van der Waals surface area contributed by atoms with Crippen LogP contribution in [-0.2, 0) is 6.54 Å². The van der Waals surface area contributed by atoms with Gasteiger partial charge in [-0.15, -0.1) is 0 Å². The molecule has 0 bridgehead atoms. The first kappa shape index (κ1) is 15.2. The fourth-order valence-corrected chi connectivity index (χ4v) is 3.53. The summed E-state index contributed by atoms with van der Waals surface area (Å²) in [6.45, 7) is 4.76. The van der Waals surface area contributed by atoms with Gasteiger partial charge in [0.1, 0.15) is 5.82 Å². The monoisotopic (exact) mass is 324 g/mol. The number of hydrogen-bond donors (Lipinski definition) is 1. The Kier molecular flexibility index (Phi) is 4.00. The maximum atomic E-state index is 12.4. The van der Waals surface area contributed by atoms with Crippen LogP contribution in [0.2, 0.25) is 0 Å². The lowest BCUT2D eigenvalue weighted by Crippen LogP contribution is -2.33. The number of para-hydroxylation sites is 1. The van der Waals surface area contributed by atoms with Crippen molar-refractivity contribution in [2.75, 3.05) is 18.4 Å². The lowest BCUT2D eigenvalue weighted by atomic mass is 10.1. The minimum atomic E-state index is 0.00784.